The average Bonchev–Trinajstić information content (AvgIpc) is 2.90. The minimum absolute atomic E-state index is 0.0424. The fourth-order valence-electron chi connectivity index (χ4n) is 7.05. The highest BCUT2D eigenvalue weighted by Crippen LogP contribution is 2.66. The van der Waals surface area contributed by atoms with E-state index in [1.54, 1.807) is 11.1 Å². The van der Waals surface area contributed by atoms with Gasteiger partial charge in [-0.05, 0) is 86.9 Å². The van der Waals surface area contributed by atoms with Crippen LogP contribution < -0.4 is 0 Å². The van der Waals surface area contributed by atoms with Crippen LogP contribution in [0.3, 0.4) is 0 Å². The lowest BCUT2D eigenvalue weighted by Gasteiger charge is -2.57. The maximum Gasteiger partial charge on any atom is 0.0957 e. The molecule has 0 bridgehead atoms. The fourth-order valence-corrected chi connectivity index (χ4v) is 7.05. The van der Waals surface area contributed by atoms with E-state index in [2.05, 4.69) is 38.1 Å². The molecule has 23 heavy (non-hydrogen) atoms. The molecular weight excluding hydrogens is 282 g/mol. The van der Waals surface area contributed by atoms with Crippen LogP contribution in [-0.4, -0.2) is 6.04 Å². The van der Waals surface area contributed by atoms with Gasteiger partial charge in [0.15, 0.2) is 0 Å². The van der Waals surface area contributed by atoms with Crippen molar-refractivity contribution in [2.75, 3.05) is 0 Å². The minimum atomic E-state index is 0.0424. The molecule has 126 valence electrons. The Labute approximate surface area is 140 Å². The molecule has 0 saturated heterocycles. The maximum atomic E-state index is 11.0. The second kappa shape index (κ2) is 5.29. The third-order valence-corrected chi connectivity index (χ3v) is 8.42. The number of rotatable bonds is 1. The molecule has 0 amide bonds. The quantitative estimate of drug-likeness (QED) is 0.429. The molecule has 4 rings (SSSR count). The van der Waals surface area contributed by atoms with Crippen molar-refractivity contribution in [2.24, 2.45) is 33.8 Å². The summed E-state index contributed by atoms with van der Waals surface area (Å²) in [5.74, 6) is 2.58. The van der Waals surface area contributed by atoms with Crippen molar-refractivity contribution in [2.45, 2.75) is 78.2 Å². The van der Waals surface area contributed by atoms with Crippen LogP contribution in [0.15, 0.2) is 28.5 Å². The Hall–Kier alpha value is -0.920. The fraction of sp³-hybridized carbons (Fsp3) is 0.810. The highest BCUT2D eigenvalue weighted by Gasteiger charge is 2.57. The van der Waals surface area contributed by atoms with E-state index in [0.29, 0.717) is 10.8 Å². The smallest absolute Gasteiger partial charge is 0.0957 e. The highest BCUT2D eigenvalue weighted by molar-refractivity contribution is 5.29. The predicted octanol–water partition coefficient (Wildman–Crippen LogP) is 6.03. The molecule has 4 aliphatic carbocycles. The summed E-state index contributed by atoms with van der Waals surface area (Å²) in [6, 6.07) is 0.0424. The Bertz CT molecular complexity index is 576. The van der Waals surface area contributed by atoms with Crippen molar-refractivity contribution in [1.29, 1.82) is 0 Å². The van der Waals surface area contributed by atoms with E-state index in [-0.39, 0.29) is 6.04 Å². The molecular formula is C21H31NO. The van der Waals surface area contributed by atoms with Crippen LogP contribution in [0.5, 0.6) is 0 Å². The predicted molar refractivity (Wildman–Crippen MR) is 95.0 cm³/mol. The van der Waals surface area contributed by atoms with Gasteiger partial charge in [-0.2, -0.15) is 4.91 Å². The molecule has 0 spiro atoms. The van der Waals surface area contributed by atoms with Gasteiger partial charge in [0.1, 0.15) is 0 Å². The summed E-state index contributed by atoms with van der Waals surface area (Å²) in [6.45, 7) is 7.29. The average molecular weight is 313 g/mol. The largest absolute Gasteiger partial charge is 0.151 e. The van der Waals surface area contributed by atoms with Gasteiger partial charge in [0.05, 0.1) is 6.04 Å². The van der Waals surface area contributed by atoms with E-state index in [1.807, 2.05) is 0 Å². The van der Waals surface area contributed by atoms with E-state index in [1.165, 1.54) is 38.5 Å². The third-order valence-electron chi connectivity index (χ3n) is 8.42. The SMILES string of the molecule is C/C=C1/CCC2C3CC=C4C[C@@H](N=O)CC[C@]4(C)C3CC[C@]12C. The zero-order valence-corrected chi connectivity index (χ0v) is 15.0. The van der Waals surface area contributed by atoms with Crippen LogP contribution in [0, 0.1) is 33.5 Å². The molecule has 0 aromatic rings. The van der Waals surface area contributed by atoms with Gasteiger partial charge in [-0.1, -0.05) is 42.3 Å². The molecule has 0 aliphatic heterocycles. The van der Waals surface area contributed by atoms with E-state index in [0.717, 1.165) is 30.6 Å². The first-order valence-electron chi connectivity index (χ1n) is 9.70. The lowest BCUT2D eigenvalue weighted by atomic mass is 9.47. The van der Waals surface area contributed by atoms with E-state index in [4.69, 9.17) is 0 Å². The first-order chi connectivity index (χ1) is 11.0. The molecule has 2 heteroatoms. The third kappa shape index (κ3) is 2.06. The van der Waals surface area contributed by atoms with Gasteiger partial charge in [0.2, 0.25) is 0 Å². The number of hydrogen-bond donors (Lipinski definition) is 0. The number of fused-ring (bicyclic) bond motifs is 5. The summed E-state index contributed by atoms with van der Waals surface area (Å²) in [6.07, 6.45) is 14.8. The van der Waals surface area contributed by atoms with Gasteiger partial charge in [-0.15, -0.1) is 0 Å². The van der Waals surface area contributed by atoms with E-state index in [9.17, 15) is 4.91 Å². The van der Waals surface area contributed by atoms with Crippen molar-refractivity contribution in [3.05, 3.63) is 28.2 Å². The van der Waals surface area contributed by atoms with Crippen molar-refractivity contribution in [1.82, 2.24) is 0 Å². The molecule has 0 radical (unpaired) electrons. The van der Waals surface area contributed by atoms with Gasteiger partial charge in [0.25, 0.3) is 0 Å². The monoisotopic (exact) mass is 313 g/mol. The zero-order valence-electron chi connectivity index (χ0n) is 15.0. The second-order valence-corrected chi connectivity index (χ2v) is 9.07. The Morgan fingerprint density at radius 2 is 1.87 bits per heavy atom. The van der Waals surface area contributed by atoms with E-state index >= 15 is 0 Å². The van der Waals surface area contributed by atoms with Gasteiger partial charge < -0.3 is 0 Å². The highest BCUT2D eigenvalue weighted by atomic mass is 16.3. The zero-order chi connectivity index (χ0) is 16.2. The molecule has 0 aromatic carbocycles. The van der Waals surface area contributed by atoms with Gasteiger partial charge in [-0.25, -0.2) is 0 Å². The van der Waals surface area contributed by atoms with Crippen LogP contribution in [0.2, 0.25) is 0 Å². The minimum Gasteiger partial charge on any atom is -0.151 e. The lowest BCUT2D eigenvalue weighted by Crippen LogP contribution is -2.49. The number of hydrogen-bond acceptors (Lipinski definition) is 2. The van der Waals surface area contributed by atoms with Crippen LogP contribution >= 0.6 is 0 Å². The van der Waals surface area contributed by atoms with Gasteiger partial charge in [0, 0.05) is 0 Å². The standard InChI is InChI=1S/C21H31NO/c1-4-14-6-8-18-17-7-5-15-13-16(22-23)9-11-21(15,3)19(17)10-12-20(14,18)2/h4-5,16-19H,6-13H2,1-3H3/b14-4-/t16-,17?,18?,19?,20+,21-/m0/s1. The van der Waals surface area contributed by atoms with Crippen LogP contribution in [0.1, 0.15) is 72.1 Å². The van der Waals surface area contributed by atoms with Crippen LogP contribution in [-0.2, 0) is 0 Å². The molecule has 3 fully saturated rings. The molecule has 3 saturated carbocycles. The lowest BCUT2D eigenvalue weighted by molar-refractivity contribution is -0.0149. The number of allylic oxidation sites excluding steroid dienone is 3. The summed E-state index contributed by atoms with van der Waals surface area (Å²) in [7, 11) is 0. The van der Waals surface area contributed by atoms with Crippen LogP contribution in [0.4, 0.5) is 0 Å². The molecule has 3 unspecified atom stereocenters. The Balaban J connectivity index is 1.67. The topological polar surface area (TPSA) is 29.4 Å². The van der Waals surface area contributed by atoms with Crippen LogP contribution in [0.25, 0.3) is 0 Å². The maximum absolute atomic E-state index is 11.0. The normalized spacial score (nSPS) is 50.7. The Morgan fingerprint density at radius 1 is 1.13 bits per heavy atom. The van der Waals surface area contributed by atoms with Crippen molar-refractivity contribution in [3.8, 4) is 0 Å². The number of nitroso groups, excluding NO2 is 1. The van der Waals surface area contributed by atoms with E-state index < -0.39 is 0 Å². The summed E-state index contributed by atoms with van der Waals surface area (Å²) in [5.41, 5.74) is 4.13. The summed E-state index contributed by atoms with van der Waals surface area (Å²) in [5, 5.41) is 3.36. The molecule has 0 aromatic heterocycles. The summed E-state index contributed by atoms with van der Waals surface area (Å²) < 4.78 is 0. The van der Waals surface area contributed by atoms with Crippen molar-refractivity contribution in [3.63, 3.8) is 0 Å². The number of nitrogens with zero attached hydrogens (tertiary/aromatic N) is 1. The Kier molecular flexibility index (Phi) is 3.59. The molecule has 4 aliphatic rings. The first-order valence-corrected chi connectivity index (χ1v) is 9.70. The molecule has 0 heterocycles. The Morgan fingerprint density at radius 3 is 2.61 bits per heavy atom. The first kappa shape index (κ1) is 15.6. The summed E-state index contributed by atoms with van der Waals surface area (Å²) >= 11 is 0. The molecule has 6 atom stereocenters. The summed E-state index contributed by atoms with van der Waals surface area (Å²) in [4.78, 5) is 11.0. The molecule has 0 N–H and O–H groups in total. The van der Waals surface area contributed by atoms with Gasteiger partial charge in [-0.3, -0.25) is 0 Å². The second-order valence-electron chi connectivity index (χ2n) is 9.07. The molecule has 2 nitrogen and oxygen atoms in total. The van der Waals surface area contributed by atoms with Crippen molar-refractivity contribution < 1.29 is 0 Å². The van der Waals surface area contributed by atoms with Crippen molar-refractivity contribution >= 4 is 0 Å². The van der Waals surface area contributed by atoms with Gasteiger partial charge >= 0.3 is 0 Å².